The van der Waals surface area contributed by atoms with Crippen molar-refractivity contribution >= 4 is 11.6 Å². The Morgan fingerprint density at radius 1 is 1.15 bits per heavy atom. The fourth-order valence-corrected chi connectivity index (χ4v) is 2.75. The van der Waals surface area contributed by atoms with Crippen LogP contribution in [-0.4, -0.2) is 63.6 Å². The van der Waals surface area contributed by atoms with Crippen LogP contribution in [-0.2, 0) is 0 Å². The minimum absolute atomic E-state index is 0.658. The number of hydrogen-bond donors (Lipinski definition) is 0. The van der Waals surface area contributed by atoms with Crippen LogP contribution in [0.4, 0.5) is 5.69 Å². The van der Waals surface area contributed by atoms with E-state index in [0.717, 1.165) is 25.6 Å². The van der Waals surface area contributed by atoms with Gasteiger partial charge in [-0.3, -0.25) is 4.99 Å². The van der Waals surface area contributed by atoms with E-state index < -0.39 is 0 Å². The molecule has 0 saturated carbocycles. The van der Waals surface area contributed by atoms with Gasteiger partial charge in [-0.05, 0) is 24.5 Å². The van der Waals surface area contributed by atoms with Crippen LogP contribution in [0.2, 0.25) is 0 Å². The summed E-state index contributed by atoms with van der Waals surface area (Å²) in [6, 6.07) is 10.7. The first-order valence-corrected chi connectivity index (χ1v) is 7.27. The molecule has 0 spiro atoms. The minimum atomic E-state index is 0.658. The second-order valence-corrected chi connectivity index (χ2v) is 5.87. The summed E-state index contributed by atoms with van der Waals surface area (Å²) in [5.41, 5.74) is 1.33. The van der Waals surface area contributed by atoms with Gasteiger partial charge in [-0.1, -0.05) is 18.2 Å². The Balaban J connectivity index is 1.92. The SMILES string of the molecule is CN(C)C(=NC[C@H]1CCN(c2ccccc2)C1)N(C)C. The summed E-state index contributed by atoms with van der Waals surface area (Å²) >= 11 is 0. The molecule has 4 nitrogen and oxygen atoms in total. The van der Waals surface area contributed by atoms with Crippen LogP contribution in [0.5, 0.6) is 0 Å². The summed E-state index contributed by atoms with van der Waals surface area (Å²) in [4.78, 5) is 11.4. The molecule has 1 saturated heterocycles. The lowest BCUT2D eigenvalue weighted by atomic mass is 10.1. The zero-order valence-electron chi connectivity index (χ0n) is 13.1. The maximum atomic E-state index is 4.77. The third-order valence-electron chi connectivity index (χ3n) is 3.70. The molecule has 110 valence electrons. The first-order chi connectivity index (χ1) is 9.58. The average Bonchev–Trinajstić information content (AvgIpc) is 2.88. The summed E-state index contributed by atoms with van der Waals surface area (Å²) in [7, 11) is 8.18. The molecule has 0 bridgehead atoms. The summed E-state index contributed by atoms with van der Waals surface area (Å²) in [6.07, 6.45) is 1.23. The topological polar surface area (TPSA) is 22.1 Å². The highest BCUT2D eigenvalue weighted by atomic mass is 15.3. The summed E-state index contributed by atoms with van der Waals surface area (Å²) in [5.74, 6) is 1.70. The van der Waals surface area contributed by atoms with Crippen LogP contribution in [0.3, 0.4) is 0 Å². The zero-order chi connectivity index (χ0) is 14.5. The van der Waals surface area contributed by atoms with Crippen LogP contribution >= 0.6 is 0 Å². The molecule has 1 aromatic rings. The van der Waals surface area contributed by atoms with Gasteiger partial charge in [-0.25, -0.2) is 0 Å². The second-order valence-electron chi connectivity index (χ2n) is 5.87. The molecule has 0 unspecified atom stereocenters. The van der Waals surface area contributed by atoms with Gasteiger partial charge in [0.05, 0.1) is 0 Å². The molecule has 0 aliphatic carbocycles. The number of nitrogens with zero attached hydrogens (tertiary/aromatic N) is 4. The highest BCUT2D eigenvalue weighted by molar-refractivity contribution is 5.79. The second kappa shape index (κ2) is 6.64. The van der Waals surface area contributed by atoms with Gasteiger partial charge >= 0.3 is 0 Å². The van der Waals surface area contributed by atoms with Crippen LogP contribution in [0.15, 0.2) is 35.3 Å². The molecule has 1 heterocycles. The minimum Gasteiger partial charge on any atom is -0.371 e. The highest BCUT2D eigenvalue weighted by Crippen LogP contribution is 2.23. The number of guanidine groups is 1. The molecular formula is C16H26N4. The van der Waals surface area contributed by atoms with Crippen molar-refractivity contribution in [3.05, 3.63) is 30.3 Å². The third-order valence-corrected chi connectivity index (χ3v) is 3.70. The first kappa shape index (κ1) is 14.7. The lowest BCUT2D eigenvalue weighted by Gasteiger charge is -2.23. The fraction of sp³-hybridized carbons (Fsp3) is 0.562. The predicted molar refractivity (Wildman–Crippen MR) is 86.4 cm³/mol. The lowest BCUT2D eigenvalue weighted by molar-refractivity contribution is 0.472. The van der Waals surface area contributed by atoms with E-state index in [-0.39, 0.29) is 0 Å². The molecule has 0 radical (unpaired) electrons. The number of para-hydroxylation sites is 1. The summed E-state index contributed by atoms with van der Waals surface area (Å²) in [6.45, 7) is 3.17. The predicted octanol–water partition coefficient (Wildman–Crippen LogP) is 1.99. The third kappa shape index (κ3) is 3.65. The number of hydrogen-bond acceptors (Lipinski definition) is 2. The van der Waals surface area contributed by atoms with Crippen molar-refractivity contribution < 1.29 is 0 Å². The van der Waals surface area contributed by atoms with Crippen LogP contribution in [0, 0.1) is 5.92 Å². The monoisotopic (exact) mass is 274 g/mol. The van der Waals surface area contributed by atoms with Crippen molar-refractivity contribution in [2.24, 2.45) is 10.9 Å². The zero-order valence-corrected chi connectivity index (χ0v) is 13.1. The van der Waals surface area contributed by atoms with Crippen LogP contribution in [0.1, 0.15) is 6.42 Å². The van der Waals surface area contributed by atoms with E-state index in [9.17, 15) is 0 Å². The Morgan fingerprint density at radius 2 is 1.80 bits per heavy atom. The van der Waals surface area contributed by atoms with E-state index in [0.29, 0.717) is 5.92 Å². The molecule has 2 rings (SSSR count). The largest absolute Gasteiger partial charge is 0.371 e. The van der Waals surface area contributed by atoms with Gasteiger partial charge in [0.15, 0.2) is 5.96 Å². The molecule has 1 atom stereocenters. The van der Waals surface area contributed by atoms with Crippen molar-refractivity contribution in [3.63, 3.8) is 0 Å². The normalized spacial score (nSPS) is 18.0. The Kier molecular flexibility index (Phi) is 4.88. The van der Waals surface area contributed by atoms with E-state index in [1.54, 1.807) is 0 Å². The van der Waals surface area contributed by atoms with E-state index >= 15 is 0 Å². The number of anilines is 1. The maximum absolute atomic E-state index is 4.77. The van der Waals surface area contributed by atoms with Gasteiger partial charge in [-0.2, -0.15) is 0 Å². The molecule has 0 amide bonds. The van der Waals surface area contributed by atoms with E-state index in [1.165, 1.54) is 12.1 Å². The van der Waals surface area contributed by atoms with E-state index in [1.807, 2.05) is 28.2 Å². The van der Waals surface area contributed by atoms with E-state index in [4.69, 9.17) is 4.99 Å². The quantitative estimate of drug-likeness (QED) is 0.622. The van der Waals surface area contributed by atoms with Crippen molar-refractivity contribution in [1.29, 1.82) is 0 Å². The number of benzene rings is 1. The van der Waals surface area contributed by atoms with Gasteiger partial charge in [0, 0.05) is 53.5 Å². The molecule has 0 aromatic heterocycles. The standard InChI is InChI=1S/C16H26N4/c1-18(2)16(19(3)4)17-12-14-10-11-20(13-14)15-8-6-5-7-9-15/h5-9,14H,10-13H2,1-4H3/t14-/m1/s1. The highest BCUT2D eigenvalue weighted by Gasteiger charge is 2.22. The van der Waals surface area contributed by atoms with Gasteiger partial charge in [0.1, 0.15) is 0 Å². The van der Waals surface area contributed by atoms with Gasteiger partial charge in [0.2, 0.25) is 0 Å². The van der Waals surface area contributed by atoms with Crippen molar-refractivity contribution in [3.8, 4) is 0 Å². The smallest absolute Gasteiger partial charge is 0.195 e. The van der Waals surface area contributed by atoms with Crippen molar-refractivity contribution in [2.45, 2.75) is 6.42 Å². The molecule has 4 heteroatoms. The Morgan fingerprint density at radius 3 is 2.40 bits per heavy atom. The summed E-state index contributed by atoms with van der Waals surface area (Å²) < 4.78 is 0. The van der Waals surface area contributed by atoms with Crippen molar-refractivity contribution in [1.82, 2.24) is 9.80 Å². The van der Waals surface area contributed by atoms with Crippen LogP contribution in [0.25, 0.3) is 0 Å². The van der Waals surface area contributed by atoms with Gasteiger partial charge < -0.3 is 14.7 Å². The average molecular weight is 274 g/mol. The van der Waals surface area contributed by atoms with Crippen molar-refractivity contribution in [2.75, 3.05) is 52.7 Å². The Bertz CT molecular complexity index is 429. The summed E-state index contributed by atoms with van der Waals surface area (Å²) in [5, 5.41) is 0. The molecule has 1 aromatic carbocycles. The Labute approximate surface area is 122 Å². The molecule has 1 fully saturated rings. The fourth-order valence-electron chi connectivity index (χ4n) is 2.75. The molecule has 1 aliphatic heterocycles. The lowest BCUT2D eigenvalue weighted by Crippen LogP contribution is -2.36. The number of aliphatic imine (C=N–C) groups is 1. The first-order valence-electron chi connectivity index (χ1n) is 7.27. The molecule has 20 heavy (non-hydrogen) atoms. The maximum Gasteiger partial charge on any atom is 0.195 e. The molecule has 1 aliphatic rings. The Hall–Kier alpha value is -1.71. The number of rotatable bonds is 3. The van der Waals surface area contributed by atoms with Gasteiger partial charge in [0.25, 0.3) is 0 Å². The molecular weight excluding hydrogens is 248 g/mol. The molecule has 0 N–H and O–H groups in total. The van der Waals surface area contributed by atoms with Gasteiger partial charge in [-0.15, -0.1) is 0 Å². The van der Waals surface area contributed by atoms with E-state index in [2.05, 4.69) is 45.0 Å². The van der Waals surface area contributed by atoms with Crippen LogP contribution < -0.4 is 4.90 Å².